The van der Waals surface area contributed by atoms with Crippen molar-refractivity contribution < 1.29 is 9.59 Å². The number of fused-ring (bicyclic) bond motifs is 1. The molecule has 0 radical (unpaired) electrons. The van der Waals surface area contributed by atoms with Gasteiger partial charge in [-0.15, -0.1) is 0 Å². The lowest BCUT2D eigenvalue weighted by Crippen LogP contribution is -2.41. The van der Waals surface area contributed by atoms with Gasteiger partial charge in [-0.05, 0) is 18.2 Å². The van der Waals surface area contributed by atoms with Crippen LogP contribution in [0.5, 0.6) is 0 Å². The Balaban J connectivity index is 1.59. The highest BCUT2D eigenvalue weighted by Gasteiger charge is 2.17. The molecule has 3 N–H and O–H groups in total. The van der Waals surface area contributed by atoms with Crippen molar-refractivity contribution in [3.8, 4) is 11.3 Å². The molecule has 4 rings (SSSR count). The molecule has 0 aliphatic heterocycles. The van der Waals surface area contributed by atoms with Gasteiger partial charge >= 0.3 is 0 Å². The fourth-order valence-electron chi connectivity index (χ4n) is 2.60. The van der Waals surface area contributed by atoms with Gasteiger partial charge in [0, 0.05) is 18.0 Å². The quantitative estimate of drug-likeness (QED) is 0.492. The van der Waals surface area contributed by atoms with E-state index in [1.54, 1.807) is 29.0 Å². The minimum atomic E-state index is -0.502. The Morgan fingerprint density at radius 1 is 0.962 bits per heavy atom. The highest BCUT2D eigenvalue weighted by Crippen LogP contribution is 2.20. The van der Waals surface area contributed by atoms with Gasteiger partial charge in [-0.1, -0.05) is 30.3 Å². The van der Waals surface area contributed by atoms with E-state index in [2.05, 4.69) is 25.9 Å². The summed E-state index contributed by atoms with van der Waals surface area (Å²) in [5, 5.41) is 4.27. The minimum absolute atomic E-state index is 0.259. The Kier molecular flexibility index (Phi) is 3.91. The summed E-state index contributed by atoms with van der Waals surface area (Å²) in [6.45, 7) is 0. The third-order valence-corrected chi connectivity index (χ3v) is 3.85. The molecule has 0 saturated carbocycles. The highest BCUT2D eigenvalue weighted by molar-refractivity contribution is 6.02. The van der Waals surface area contributed by atoms with E-state index in [4.69, 9.17) is 0 Å². The Hall–Kier alpha value is -3.94. The molecule has 8 nitrogen and oxygen atoms in total. The fourth-order valence-corrected chi connectivity index (χ4v) is 2.60. The lowest BCUT2D eigenvalue weighted by atomic mass is 10.1. The molecule has 0 atom stereocenters. The first-order chi connectivity index (χ1) is 12.7. The Morgan fingerprint density at radius 2 is 1.77 bits per heavy atom. The average molecular weight is 346 g/mol. The van der Waals surface area contributed by atoms with Crippen LogP contribution < -0.4 is 10.9 Å². The normalized spacial score (nSPS) is 10.6. The van der Waals surface area contributed by atoms with Crippen LogP contribution in [0.3, 0.4) is 0 Å². The first-order valence-electron chi connectivity index (χ1n) is 7.86. The first kappa shape index (κ1) is 15.6. The van der Waals surface area contributed by atoms with Crippen molar-refractivity contribution in [1.82, 2.24) is 30.4 Å². The molecule has 0 aliphatic rings. The van der Waals surface area contributed by atoms with Gasteiger partial charge in [0.05, 0.1) is 11.9 Å². The van der Waals surface area contributed by atoms with Crippen LogP contribution in [-0.4, -0.2) is 31.4 Å². The zero-order chi connectivity index (χ0) is 17.9. The van der Waals surface area contributed by atoms with Gasteiger partial charge in [-0.3, -0.25) is 20.4 Å². The molecule has 2 amide bonds. The van der Waals surface area contributed by atoms with Crippen LogP contribution in [0.2, 0.25) is 0 Å². The number of benzene rings is 1. The summed E-state index contributed by atoms with van der Waals surface area (Å²) in [4.78, 5) is 31.3. The van der Waals surface area contributed by atoms with Crippen molar-refractivity contribution in [2.75, 3.05) is 0 Å². The lowest BCUT2D eigenvalue weighted by Gasteiger charge is -2.06. The SMILES string of the molecule is O=C(NNC(=O)c1cnn2c(-c3ccccc3)ccnc12)c1ccc[nH]1. The molecule has 3 aromatic heterocycles. The largest absolute Gasteiger partial charge is 0.357 e. The second-order valence-corrected chi connectivity index (χ2v) is 5.48. The van der Waals surface area contributed by atoms with E-state index < -0.39 is 11.8 Å². The zero-order valence-electron chi connectivity index (χ0n) is 13.5. The summed E-state index contributed by atoms with van der Waals surface area (Å²) in [7, 11) is 0. The number of aromatic amines is 1. The van der Waals surface area contributed by atoms with E-state index in [0.29, 0.717) is 11.3 Å². The van der Waals surface area contributed by atoms with Crippen LogP contribution in [0, 0.1) is 0 Å². The Bertz CT molecular complexity index is 1070. The summed E-state index contributed by atoms with van der Waals surface area (Å²) in [6, 6.07) is 14.8. The predicted molar refractivity (Wildman–Crippen MR) is 94.1 cm³/mol. The van der Waals surface area contributed by atoms with Crippen LogP contribution in [0.4, 0.5) is 0 Å². The molecule has 0 unspecified atom stereocenters. The van der Waals surface area contributed by atoms with E-state index >= 15 is 0 Å². The number of aromatic nitrogens is 4. The summed E-state index contributed by atoms with van der Waals surface area (Å²) < 4.78 is 1.59. The molecule has 0 saturated heterocycles. The van der Waals surface area contributed by atoms with Gasteiger partial charge in [0.2, 0.25) is 0 Å². The number of hydrazine groups is 1. The van der Waals surface area contributed by atoms with Gasteiger partial charge in [0.25, 0.3) is 11.8 Å². The number of hydrogen-bond donors (Lipinski definition) is 3. The van der Waals surface area contributed by atoms with Crippen LogP contribution in [0.15, 0.2) is 67.1 Å². The monoisotopic (exact) mass is 346 g/mol. The van der Waals surface area contributed by atoms with Gasteiger partial charge in [-0.2, -0.15) is 5.10 Å². The van der Waals surface area contributed by atoms with Crippen molar-refractivity contribution in [3.63, 3.8) is 0 Å². The molecule has 0 fully saturated rings. The number of H-pyrrole nitrogens is 1. The van der Waals surface area contributed by atoms with E-state index in [-0.39, 0.29) is 5.56 Å². The molecule has 0 bridgehead atoms. The first-order valence-corrected chi connectivity index (χ1v) is 7.86. The number of carbonyl (C=O) groups is 2. The van der Waals surface area contributed by atoms with Crippen LogP contribution in [0.25, 0.3) is 16.9 Å². The lowest BCUT2D eigenvalue weighted by molar-refractivity contribution is 0.0845. The van der Waals surface area contributed by atoms with Gasteiger partial charge in [-0.25, -0.2) is 9.50 Å². The maximum absolute atomic E-state index is 12.4. The number of carbonyl (C=O) groups excluding carboxylic acids is 2. The van der Waals surface area contributed by atoms with Gasteiger partial charge in [0.15, 0.2) is 5.65 Å². The smallest absolute Gasteiger partial charge is 0.286 e. The standard InChI is InChI=1S/C18H14N6O2/c25-17(22-23-18(26)14-7-4-9-19-14)13-11-21-24-15(8-10-20-16(13)24)12-5-2-1-3-6-12/h1-11,19H,(H,22,25)(H,23,26). The Morgan fingerprint density at radius 3 is 2.54 bits per heavy atom. The van der Waals surface area contributed by atoms with Crippen LogP contribution in [-0.2, 0) is 0 Å². The molecular weight excluding hydrogens is 332 g/mol. The molecule has 8 heteroatoms. The Labute approximate surface area is 147 Å². The molecule has 0 spiro atoms. The summed E-state index contributed by atoms with van der Waals surface area (Å²) >= 11 is 0. The summed E-state index contributed by atoms with van der Waals surface area (Å²) in [6.07, 6.45) is 4.66. The average Bonchev–Trinajstić information content (AvgIpc) is 3.36. The maximum atomic E-state index is 12.4. The second-order valence-electron chi connectivity index (χ2n) is 5.48. The molecule has 26 heavy (non-hydrogen) atoms. The topological polar surface area (TPSA) is 104 Å². The van der Waals surface area contributed by atoms with Crippen molar-refractivity contribution in [1.29, 1.82) is 0 Å². The highest BCUT2D eigenvalue weighted by atomic mass is 16.2. The third-order valence-electron chi connectivity index (χ3n) is 3.85. The number of amides is 2. The molecule has 3 heterocycles. The minimum Gasteiger partial charge on any atom is -0.357 e. The zero-order valence-corrected chi connectivity index (χ0v) is 13.5. The molecule has 4 aromatic rings. The van der Waals surface area contributed by atoms with Crippen molar-refractivity contribution in [2.24, 2.45) is 0 Å². The van der Waals surface area contributed by atoms with Crippen molar-refractivity contribution in [3.05, 3.63) is 78.4 Å². The molecule has 128 valence electrons. The number of rotatable bonds is 3. The van der Waals surface area contributed by atoms with E-state index in [1.807, 2.05) is 36.4 Å². The third kappa shape index (κ3) is 2.80. The molecular formula is C18H14N6O2. The molecule has 0 aliphatic carbocycles. The maximum Gasteiger partial charge on any atom is 0.286 e. The van der Waals surface area contributed by atoms with Crippen molar-refractivity contribution >= 4 is 17.5 Å². The van der Waals surface area contributed by atoms with E-state index in [0.717, 1.165) is 11.3 Å². The number of nitrogens with one attached hydrogen (secondary N) is 3. The van der Waals surface area contributed by atoms with Gasteiger partial charge < -0.3 is 4.98 Å². The van der Waals surface area contributed by atoms with E-state index in [1.165, 1.54) is 6.20 Å². The van der Waals surface area contributed by atoms with Gasteiger partial charge in [0.1, 0.15) is 11.3 Å². The fraction of sp³-hybridized carbons (Fsp3) is 0. The number of hydrogen-bond acceptors (Lipinski definition) is 4. The summed E-state index contributed by atoms with van der Waals surface area (Å²) in [5.41, 5.74) is 7.49. The number of nitrogens with zero attached hydrogens (tertiary/aromatic N) is 3. The van der Waals surface area contributed by atoms with Crippen LogP contribution >= 0.6 is 0 Å². The van der Waals surface area contributed by atoms with Crippen LogP contribution in [0.1, 0.15) is 20.8 Å². The summed E-state index contributed by atoms with van der Waals surface area (Å²) in [5.74, 6) is -0.949. The predicted octanol–water partition coefficient (Wildman–Crippen LogP) is 1.80. The molecule has 1 aromatic carbocycles. The second kappa shape index (κ2) is 6.52. The van der Waals surface area contributed by atoms with Crippen molar-refractivity contribution in [2.45, 2.75) is 0 Å². The van der Waals surface area contributed by atoms with E-state index in [9.17, 15) is 9.59 Å².